The molecular weight excluding hydrogens is 331 g/mol. The Morgan fingerprint density at radius 2 is 2.06 bits per heavy atom. The standard InChI is InChI=1S/C12H17IN2S/c1-9-10(6-11(13)7-12(9)16)8-15-4-2-14-3-5-15/h6-7,14,16H,2-5,8H2,1H3. The number of rotatable bonds is 2. The lowest BCUT2D eigenvalue weighted by Gasteiger charge is -2.28. The first-order valence-electron chi connectivity index (χ1n) is 5.58. The summed E-state index contributed by atoms with van der Waals surface area (Å²) in [7, 11) is 0. The van der Waals surface area contributed by atoms with E-state index in [0.717, 1.165) is 37.6 Å². The van der Waals surface area contributed by atoms with Gasteiger partial charge in [0.25, 0.3) is 0 Å². The third-order valence-corrected chi connectivity index (χ3v) is 4.14. The molecule has 0 aromatic heterocycles. The second-order valence-electron chi connectivity index (χ2n) is 4.24. The number of hydrogen-bond acceptors (Lipinski definition) is 3. The maximum atomic E-state index is 4.52. The quantitative estimate of drug-likeness (QED) is 0.630. The molecule has 1 aromatic rings. The van der Waals surface area contributed by atoms with E-state index in [9.17, 15) is 0 Å². The predicted octanol–water partition coefficient (Wildman–Crippen LogP) is 2.29. The molecule has 2 nitrogen and oxygen atoms in total. The van der Waals surface area contributed by atoms with E-state index in [1.807, 2.05) is 0 Å². The van der Waals surface area contributed by atoms with Crippen LogP contribution >= 0.6 is 35.2 Å². The van der Waals surface area contributed by atoms with Gasteiger partial charge >= 0.3 is 0 Å². The molecule has 1 fully saturated rings. The van der Waals surface area contributed by atoms with Crippen LogP contribution in [0, 0.1) is 10.5 Å². The van der Waals surface area contributed by atoms with E-state index >= 15 is 0 Å². The van der Waals surface area contributed by atoms with Crippen LogP contribution in [0.5, 0.6) is 0 Å². The lowest BCUT2D eigenvalue weighted by Crippen LogP contribution is -2.43. The molecule has 2 rings (SSSR count). The van der Waals surface area contributed by atoms with E-state index in [2.05, 4.69) is 64.5 Å². The van der Waals surface area contributed by atoms with Crippen molar-refractivity contribution in [3.8, 4) is 0 Å². The van der Waals surface area contributed by atoms with Gasteiger partial charge in [-0.2, -0.15) is 0 Å². The average molecular weight is 348 g/mol. The van der Waals surface area contributed by atoms with Crippen LogP contribution < -0.4 is 5.32 Å². The van der Waals surface area contributed by atoms with Gasteiger partial charge in [-0.05, 0) is 52.8 Å². The summed E-state index contributed by atoms with van der Waals surface area (Å²) < 4.78 is 1.28. The van der Waals surface area contributed by atoms with E-state index in [1.165, 1.54) is 14.7 Å². The summed E-state index contributed by atoms with van der Waals surface area (Å²) in [6, 6.07) is 4.40. The predicted molar refractivity (Wildman–Crippen MR) is 79.3 cm³/mol. The highest BCUT2D eigenvalue weighted by Crippen LogP contribution is 2.22. The molecule has 0 atom stereocenters. The second kappa shape index (κ2) is 5.71. The Morgan fingerprint density at radius 3 is 2.75 bits per heavy atom. The molecule has 0 bridgehead atoms. The van der Waals surface area contributed by atoms with Gasteiger partial charge in [-0.3, -0.25) is 4.90 Å². The average Bonchev–Trinajstić information content (AvgIpc) is 2.27. The third kappa shape index (κ3) is 3.12. The van der Waals surface area contributed by atoms with Gasteiger partial charge in [0.15, 0.2) is 0 Å². The van der Waals surface area contributed by atoms with Crippen molar-refractivity contribution in [2.45, 2.75) is 18.4 Å². The molecule has 4 heteroatoms. The summed E-state index contributed by atoms with van der Waals surface area (Å²) in [5.41, 5.74) is 2.74. The van der Waals surface area contributed by atoms with Crippen molar-refractivity contribution in [1.82, 2.24) is 10.2 Å². The Labute approximate surface area is 116 Å². The van der Waals surface area contributed by atoms with Crippen LogP contribution in [0.15, 0.2) is 17.0 Å². The van der Waals surface area contributed by atoms with Gasteiger partial charge in [-0.1, -0.05) is 0 Å². The number of nitrogens with zero attached hydrogens (tertiary/aromatic N) is 1. The number of benzene rings is 1. The molecule has 88 valence electrons. The molecule has 1 aromatic carbocycles. The van der Waals surface area contributed by atoms with Crippen LogP contribution in [0.2, 0.25) is 0 Å². The molecule has 1 aliphatic heterocycles. The molecule has 0 amide bonds. The Bertz CT molecular complexity index is 376. The van der Waals surface area contributed by atoms with Crippen molar-refractivity contribution in [3.05, 3.63) is 26.8 Å². The van der Waals surface area contributed by atoms with E-state index in [4.69, 9.17) is 0 Å². The largest absolute Gasteiger partial charge is 0.314 e. The van der Waals surface area contributed by atoms with E-state index < -0.39 is 0 Å². The van der Waals surface area contributed by atoms with Gasteiger partial charge in [0.05, 0.1) is 0 Å². The van der Waals surface area contributed by atoms with Crippen molar-refractivity contribution in [2.24, 2.45) is 0 Å². The molecule has 1 saturated heterocycles. The second-order valence-corrected chi connectivity index (χ2v) is 5.96. The van der Waals surface area contributed by atoms with Crippen LogP contribution in [0.1, 0.15) is 11.1 Å². The zero-order valence-electron chi connectivity index (χ0n) is 9.46. The van der Waals surface area contributed by atoms with Crippen molar-refractivity contribution >= 4 is 35.2 Å². The molecule has 1 aliphatic rings. The molecule has 0 radical (unpaired) electrons. The SMILES string of the molecule is Cc1c(S)cc(I)cc1CN1CCNCC1. The van der Waals surface area contributed by atoms with Crippen LogP contribution in [0.3, 0.4) is 0 Å². The van der Waals surface area contributed by atoms with Crippen molar-refractivity contribution in [3.63, 3.8) is 0 Å². The minimum atomic E-state index is 1.05. The number of hydrogen-bond donors (Lipinski definition) is 2. The Morgan fingerprint density at radius 1 is 1.38 bits per heavy atom. The lowest BCUT2D eigenvalue weighted by atomic mass is 10.1. The fourth-order valence-electron chi connectivity index (χ4n) is 1.99. The highest BCUT2D eigenvalue weighted by Gasteiger charge is 2.12. The first-order chi connectivity index (χ1) is 7.66. The van der Waals surface area contributed by atoms with Gasteiger partial charge in [0.2, 0.25) is 0 Å². The van der Waals surface area contributed by atoms with Crippen LogP contribution in [-0.2, 0) is 6.54 Å². The minimum absolute atomic E-state index is 1.05. The van der Waals surface area contributed by atoms with Gasteiger partial charge in [0.1, 0.15) is 0 Å². The summed E-state index contributed by atoms with van der Waals surface area (Å²) >= 11 is 6.88. The highest BCUT2D eigenvalue weighted by atomic mass is 127. The Kier molecular flexibility index (Phi) is 4.52. The Hall–Kier alpha value is 0.220. The third-order valence-electron chi connectivity index (χ3n) is 3.06. The monoisotopic (exact) mass is 348 g/mol. The van der Waals surface area contributed by atoms with Gasteiger partial charge < -0.3 is 5.32 Å². The number of thiol groups is 1. The molecule has 16 heavy (non-hydrogen) atoms. The normalized spacial score (nSPS) is 17.7. The number of halogens is 1. The maximum absolute atomic E-state index is 4.52. The molecule has 1 heterocycles. The topological polar surface area (TPSA) is 15.3 Å². The van der Waals surface area contributed by atoms with Crippen molar-refractivity contribution < 1.29 is 0 Å². The fraction of sp³-hybridized carbons (Fsp3) is 0.500. The van der Waals surface area contributed by atoms with Gasteiger partial charge in [0, 0.05) is 41.2 Å². The van der Waals surface area contributed by atoms with Crippen LogP contribution in [0.25, 0.3) is 0 Å². The van der Waals surface area contributed by atoms with Gasteiger partial charge in [-0.25, -0.2) is 0 Å². The first kappa shape index (κ1) is 12.7. The number of nitrogens with one attached hydrogen (secondary N) is 1. The summed E-state index contributed by atoms with van der Waals surface area (Å²) in [6.07, 6.45) is 0. The van der Waals surface area contributed by atoms with Gasteiger partial charge in [-0.15, -0.1) is 12.6 Å². The summed E-state index contributed by atoms with van der Waals surface area (Å²) in [5.74, 6) is 0. The summed E-state index contributed by atoms with van der Waals surface area (Å²) in [4.78, 5) is 3.61. The molecule has 0 unspecified atom stereocenters. The molecule has 1 N–H and O–H groups in total. The summed E-state index contributed by atoms with van der Waals surface area (Å²) in [5, 5.41) is 3.38. The zero-order chi connectivity index (χ0) is 11.5. The fourth-order valence-corrected chi connectivity index (χ4v) is 3.21. The molecular formula is C12H17IN2S. The highest BCUT2D eigenvalue weighted by molar-refractivity contribution is 14.1. The van der Waals surface area contributed by atoms with Crippen LogP contribution in [-0.4, -0.2) is 31.1 Å². The van der Waals surface area contributed by atoms with E-state index in [0.29, 0.717) is 0 Å². The Balaban J connectivity index is 2.13. The minimum Gasteiger partial charge on any atom is -0.314 e. The molecule has 0 aliphatic carbocycles. The van der Waals surface area contributed by atoms with Crippen LogP contribution in [0.4, 0.5) is 0 Å². The van der Waals surface area contributed by atoms with Crippen molar-refractivity contribution in [1.29, 1.82) is 0 Å². The van der Waals surface area contributed by atoms with Crippen molar-refractivity contribution in [2.75, 3.05) is 26.2 Å². The molecule has 0 saturated carbocycles. The zero-order valence-corrected chi connectivity index (χ0v) is 12.5. The lowest BCUT2D eigenvalue weighted by molar-refractivity contribution is 0.232. The summed E-state index contributed by atoms with van der Waals surface area (Å²) in [6.45, 7) is 7.72. The maximum Gasteiger partial charge on any atom is 0.0238 e. The first-order valence-corrected chi connectivity index (χ1v) is 7.10. The van der Waals surface area contributed by atoms with E-state index in [-0.39, 0.29) is 0 Å². The molecule has 0 spiro atoms. The smallest absolute Gasteiger partial charge is 0.0238 e. The number of piperazine rings is 1. The van der Waals surface area contributed by atoms with E-state index in [1.54, 1.807) is 0 Å².